The molecule has 53 heavy (non-hydrogen) atoms. The van der Waals surface area contributed by atoms with Crippen molar-refractivity contribution in [2.75, 3.05) is 18.0 Å². The van der Waals surface area contributed by atoms with Crippen molar-refractivity contribution in [3.05, 3.63) is 76.4 Å². The summed E-state index contributed by atoms with van der Waals surface area (Å²) in [6.07, 6.45) is 3.16. The number of nitrogens with zero attached hydrogens (tertiary/aromatic N) is 3. The van der Waals surface area contributed by atoms with Gasteiger partial charge in [0.1, 0.15) is 24.4 Å². The topological polar surface area (TPSA) is 264 Å². The van der Waals surface area contributed by atoms with Crippen LogP contribution in [0.5, 0.6) is 5.75 Å². The molecule has 1 aliphatic rings. The number of nitrogens with one attached hydrogen (secondary N) is 2. The molecule has 0 radical (unpaired) electrons. The van der Waals surface area contributed by atoms with E-state index in [0.717, 1.165) is 4.90 Å². The Morgan fingerprint density at radius 1 is 0.906 bits per heavy atom. The minimum absolute atomic E-state index is 0.0334. The van der Waals surface area contributed by atoms with Gasteiger partial charge in [0.25, 0.3) is 23.4 Å². The third-order valence-corrected chi connectivity index (χ3v) is 8.09. The van der Waals surface area contributed by atoms with Gasteiger partial charge in [-0.1, -0.05) is 32.4 Å². The number of imide groups is 1. The number of benzene rings is 2. The number of nitro benzene ring substituents is 1. The summed E-state index contributed by atoms with van der Waals surface area (Å²) < 4.78 is 10.2. The molecule has 0 saturated carbocycles. The number of nitrogens with two attached hydrogens (primary N) is 2. The second-order valence-electron chi connectivity index (χ2n) is 12.4. The van der Waals surface area contributed by atoms with E-state index >= 15 is 0 Å². The van der Waals surface area contributed by atoms with Crippen molar-refractivity contribution in [3.8, 4) is 5.75 Å². The van der Waals surface area contributed by atoms with Crippen LogP contribution in [0.3, 0.4) is 0 Å². The average molecular weight is 738 g/mol. The zero-order valence-electron chi connectivity index (χ0n) is 29.4. The quantitative estimate of drug-likeness (QED) is 0.0383. The number of carbonyl (C=O) groups excluding carboxylic acids is 7. The highest BCUT2D eigenvalue weighted by Gasteiger charge is 2.36. The third kappa shape index (κ3) is 12.7. The molecule has 7 amide bonds. The van der Waals surface area contributed by atoms with Crippen LogP contribution in [0.2, 0.25) is 0 Å². The zero-order chi connectivity index (χ0) is 39.1. The minimum Gasteiger partial charge on any atom is -0.429 e. The van der Waals surface area contributed by atoms with Crippen LogP contribution in [-0.4, -0.2) is 76.7 Å². The monoisotopic (exact) mass is 737 g/mol. The second kappa shape index (κ2) is 19.9. The van der Waals surface area contributed by atoms with Crippen molar-refractivity contribution in [2.24, 2.45) is 17.4 Å². The van der Waals surface area contributed by atoms with Crippen molar-refractivity contribution in [1.82, 2.24) is 15.5 Å². The Bertz CT molecular complexity index is 1680. The first-order chi connectivity index (χ1) is 25.2. The summed E-state index contributed by atoms with van der Waals surface area (Å²) in [4.78, 5) is 99.5. The zero-order valence-corrected chi connectivity index (χ0v) is 29.4. The molecule has 0 unspecified atom stereocenters. The number of amides is 7. The van der Waals surface area contributed by atoms with Gasteiger partial charge in [0.15, 0.2) is 0 Å². The van der Waals surface area contributed by atoms with E-state index in [2.05, 4.69) is 10.6 Å². The van der Waals surface area contributed by atoms with E-state index in [0.29, 0.717) is 24.8 Å². The first-order valence-corrected chi connectivity index (χ1v) is 16.8. The van der Waals surface area contributed by atoms with Crippen LogP contribution in [-0.2, 0) is 35.3 Å². The third-order valence-electron chi connectivity index (χ3n) is 8.09. The maximum absolute atomic E-state index is 14.2. The molecule has 284 valence electrons. The molecule has 0 aromatic heterocycles. The fourth-order valence-electron chi connectivity index (χ4n) is 5.32. The lowest BCUT2D eigenvalue weighted by molar-refractivity contribution is -0.384. The molecule has 0 aliphatic carbocycles. The van der Waals surface area contributed by atoms with Crippen molar-refractivity contribution < 1.29 is 48.0 Å². The van der Waals surface area contributed by atoms with Crippen molar-refractivity contribution in [1.29, 1.82) is 0 Å². The molecule has 0 bridgehead atoms. The first kappa shape index (κ1) is 41.1. The summed E-state index contributed by atoms with van der Waals surface area (Å²) in [6.45, 7) is 3.55. The summed E-state index contributed by atoms with van der Waals surface area (Å²) in [5, 5.41) is 16.0. The number of ether oxygens (including phenoxy) is 2. The van der Waals surface area contributed by atoms with Crippen molar-refractivity contribution in [3.63, 3.8) is 0 Å². The molecule has 3 rings (SSSR count). The molecule has 18 nitrogen and oxygen atoms in total. The predicted molar refractivity (Wildman–Crippen MR) is 189 cm³/mol. The summed E-state index contributed by atoms with van der Waals surface area (Å²) >= 11 is 0. The number of hydrogen-bond acceptors (Lipinski definition) is 11. The number of rotatable bonds is 20. The highest BCUT2D eigenvalue weighted by atomic mass is 16.7. The number of anilines is 1. The smallest absolute Gasteiger partial charge is 0.429 e. The Morgan fingerprint density at radius 3 is 2.11 bits per heavy atom. The van der Waals surface area contributed by atoms with Crippen LogP contribution in [0.1, 0.15) is 57.9 Å². The van der Waals surface area contributed by atoms with Gasteiger partial charge in [-0.15, -0.1) is 0 Å². The van der Waals surface area contributed by atoms with E-state index in [9.17, 15) is 43.7 Å². The lowest BCUT2D eigenvalue weighted by Crippen LogP contribution is -2.57. The normalized spacial score (nSPS) is 13.3. The molecule has 6 N–H and O–H groups in total. The van der Waals surface area contributed by atoms with Gasteiger partial charge in [-0.2, -0.15) is 0 Å². The number of hydrogen-bond donors (Lipinski definition) is 4. The van der Waals surface area contributed by atoms with E-state index in [1.165, 1.54) is 53.5 Å². The number of nitro groups is 1. The molecule has 2 atom stereocenters. The van der Waals surface area contributed by atoms with Gasteiger partial charge in [-0.05, 0) is 61.4 Å². The van der Waals surface area contributed by atoms with Crippen molar-refractivity contribution in [2.45, 2.75) is 71.1 Å². The highest BCUT2D eigenvalue weighted by molar-refractivity contribution is 6.12. The summed E-state index contributed by atoms with van der Waals surface area (Å²) in [6, 6.07) is 7.92. The maximum atomic E-state index is 14.2. The number of primary amides is 2. The van der Waals surface area contributed by atoms with Gasteiger partial charge in [-0.25, -0.2) is 9.59 Å². The van der Waals surface area contributed by atoms with Crippen LogP contribution in [0.15, 0.2) is 60.7 Å². The van der Waals surface area contributed by atoms with Crippen LogP contribution in [0, 0.1) is 16.0 Å². The maximum Gasteiger partial charge on any atom is 0.514 e. The molecule has 0 spiro atoms. The summed E-state index contributed by atoms with van der Waals surface area (Å²) in [7, 11) is 0. The molecule has 0 saturated heterocycles. The lowest BCUT2D eigenvalue weighted by Gasteiger charge is -2.34. The molecule has 1 heterocycles. The standard InChI is InChI=1S/C35H43N7O11/c1-22(2)31(39-28(43)8-4-3-5-20-40-29(44)17-18-30(40)45)33(47)41(27(32(36)46)7-6-19-38-34(37)48)24-11-9-23(10-12-24)21-52-35(49)53-26-15-13-25(14-16-26)42(50)51/h9-18,22,27,31H,3-8,19-21H2,1-2H3,(H2,36,46)(H,39,43)(H3,37,38,48)/t27-,31-/m0/s1. The average Bonchev–Trinajstić information content (AvgIpc) is 3.43. The Balaban J connectivity index is 1.70. The molecular weight excluding hydrogens is 694 g/mol. The van der Waals surface area contributed by atoms with Gasteiger partial charge in [0, 0.05) is 49.5 Å². The van der Waals surface area contributed by atoms with E-state index in [-0.39, 0.29) is 67.9 Å². The van der Waals surface area contributed by atoms with E-state index in [4.69, 9.17) is 20.9 Å². The Morgan fingerprint density at radius 2 is 1.55 bits per heavy atom. The molecule has 0 fully saturated rings. The lowest BCUT2D eigenvalue weighted by atomic mass is 9.99. The second-order valence-corrected chi connectivity index (χ2v) is 12.4. The van der Waals surface area contributed by atoms with Crippen LogP contribution < -0.4 is 31.7 Å². The van der Waals surface area contributed by atoms with E-state index < -0.39 is 52.8 Å². The summed E-state index contributed by atoms with van der Waals surface area (Å²) in [5.41, 5.74) is 11.5. The van der Waals surface area contributed by atoms with E-state index in [1.54, 1.807) is 26.0 Å². The number of non-ortho nitro benzene ring substituents is 1. The SMILES string of the molecule is CC(C)[C@H](NC(=O)CCCCCN1C(=O)C=CC1=O)C(=O)N(c1ccc(COC(=O)Oc2ccc([N+](=O)[O-])cc2)cc1)[C@@H](CCCNC(N)=O)C(N)=O. The highest BCUT2D eigenvalue weighted by Crippen LogP contribution is 2.24. The van der Waals surface area contributed by atoms with Gasteiger partial charge < -0.3 is 31.6 Å². The number of carbonyl (C=O) groups is 7. The Kier molecular flexibility index (Phi) is 15.4. The Hall–Kier alpha value is -6.33. The largest absolute Gasteiger partial charge is 0.514 e. The first-order valence-electron chi connectivity index (χ1n) is 16.8. The fraction of sp³-hybridized carbons (Fsp3) is 0.400. The van der Waals surface area contributed by atoms with Crippen LogP contribution >= 0.6 is 0 Å². The summed E-state index contributed by atoms with van der Waals surface area (Å²) in [5.74, 6) is -3.01. The van der Waals surface area contributed by atoms with Crippen molar-refractivity contribution >= 4 is 53.1 Å². The van der Waals surface area contributed by atoms with E-state index in [1.807, 2.05) is 0 Å². The predicted octanol–water partition coefficient (Wildman–Crippen LogP) is 2.57. The minimum atomic E-state index is -1.19. The van der Waals surface area contributed by atoms with Crippen LogP contribution in [0.25, 0.3) is 0 Å². The Labute approximate surface area is 304 Å². The molecule has 18 heteroatoms. The molecular formula is C35H43N7O11. The van der Waals surface area contributed by atoms with Gasteiger partial charge >= 0.3 is 12.2 Å². The fourth-order valence-corrected chi connectivity index (χ4v) is 5.32. The number of unbranched alkanes of at least 4 members (excludes halogenated alkanes) is 2. The van der Waals surface area contributed by atoms with Gasteiger partial charge in [0.05, 0.1) is 4.92 Å². The molecule has 2 aromatic carbocycles. The number of urea groups is 1. The molecule has 1 aliphatic heterocycles. The van der Waals surface area contributed by atoms with Crippen LogP contribution in [0.4, 0.5) is 21.0 Å². The van der Waals surface area contributed by atoms with Gasteiger partial charge in [0.2, 0.25) is 11.8 Å². The van der Waals surface area contributed by atoms with Gasteiger partial charge in [-0.3, -0.25) is 43.9 Å². The molecule has 2 aromatic rings.